The molecule has 32 heavy (non-hydrogen) atoms. The second-order valence-corrected chi connectivity index (χ2v) is 6.79. The third-order valence-corrected chi connectivity index (χ3v) is 4.77. The van der Waals surface area contributed by atoms with Gasteiger partial charge in [-0.2, -0.15) is 0 Å². The van der Waals surface area contributed by atoms with Crippen LogP contribution in [0.3, 0.4) is 0 Å². The Bertz CT molecular complexity index is 1090. The first-order chi connectivity index (χ1) is 15.4. The van der Waals surface area contributed by atoms with Gasteiger partial charge in [0.25, 0.3) is 11.8 Å². The molecule has 3 rings (SSSR count). The molecule has 4 amide bonds. The average Bonchev–Trinajstić information content (AvgIpc) is 2.77. The quantitative estimate of drug-likeness (QED) is 0.387. The number of carbonyl (C=O) groups is 3. The third kappa shape index (κ3) is 4.49. The van der Waals surface area contributed by atoms with E-state index in [0.29, 0.717) is 41.5 Å². The highest BCUT2D eigenvalue weighted by atomic mass is 16.5. The van der Waals surface area contributed by atoms with Crippen molar-refractivity contribution in [3.05, 3.63) is 65.8 Å². The van der Waals surface area contributed by atoms with Crippen molar-refractivity contribution < 1.29 is 28.6 Å². The average molecular weight is 436 g/mol. The van der Waals surface area contributed by atoms with Crippen LogP contribution >= 0.6 is 0 Å². The molecule has 0 bridgehead atoms. The Labute approximate surface area is 186 Å². The number of amides is 4. The lowest BCUT2D eigenvalue weighted by Crippen LogP contribution is -2.54. The van der Waals surface area contributed by atoms with Crippen molar-refractivity contribution >= 4 is 29.6 Å². The Morgan fingerprint density at radius 2 is 1.78 bits per heavy atom. The summed E-state index contributed by atoms with van der Waals surface area (Å²) in [5, 5.41) is 2.21. The van der Waals surface area contributed by atoms with Gasteiger partial charge >= 0.3 is 6.03 Å². The van der Waals surface area contributed by atoms with E-state index in [2.05, 4.69) is 11.9 Å². The van der Waals surface area contributed by atoms with Crippen LogP contribution in [0.2, 0.25) is 0 Å². The fraction of sp³-hybridized carbons (Fsp3) is 0.208. The lowest BCUT2D eigenvalue weighted by Gasteiger charge is -2.26. The molecule has 0 atom stereocenters. The maximum Gasteiger partial charge on any atom is 0.335 e. The van der Waals surface area contributed by atoms with Crippen LogP contribution in [-0.2, 0) is 16.0 Å². The zero-order valence-electron chi connectivity index (χ0n) is 18.1. The van der Waals surface area contributed by atoms with Crippen LogP contribution in [0.15, 0.2) is 54.6 Å². The largest absolute Gasteiger partial charge is 0.497 e. The molecule has 0 saturated carbocycles. The predicted octanol–water partition coefficient (Wildman–Crippen LogP) is 3.50. The van der Waals surface area contributed by atoms with Gasteiger partial charge in [-0.05, 0) is 61.4 Å². The second-order valence-electron chi connectivity index (χ2n) is 6.79. The number of ether oxygens (including phenoxy) is 3. The van der Waals surface area contributed by atoms with Gasteiger partial charge in [0.2, 0.25) is 0 Å². The van der Waals surface area contributed by atoms with Crippen LogP contribution in [0.25, 0.3) is 6.08 Å². The Hall–Kier alpha value is -4.07. The maximum absolute atomic E-state index is 13.1. The van der Waals surface area contributed by atoms with Crippen LogP contribution in [0.1, 0.15) is 18.1 Å². The first-order valence-corrected chi connectivity index (χ1v) is 9.93. The standard InChI is InChI=1S/C24H24N2O6/c1-5-7-16-12-15(14-20(32-6-2)21(16)31-4)13-19-22(27)25-24(29)26(23(19)28)17-8-10-18(30-3)11-9-17/h5,8-14H,1,6-7H2,2-4H3,(H,25,27,29)/b19-13+. The molecule has 1 heterocycles. The Balaban J connectivity index is 2.05. The number of urea groups is 1. The van der Waals surface area contributed by atoms with E-state index in [0.717, 1.165) is 10.5 Å². The Morgan fingerprint density at radius 1 is 1.06 bits per heavy atom. The van der Waals surface area contributed by atoms with Gasteiger partial charge in [-0.25, -0.2) is 9.69 Å². The van der Waals surface area contributed by atoms with E-state index in [-0.39, 0.29) is 5.57 Å². The smallest absolute Gasteiger partial charge is 0.335 e. The van der Waals surface area contributed by atoms with Gasteiger partial charge < -0.3 is 14.2 Å². The summed E-state index contributed by atoms with van der Waals surface area (Å²) in [4.78, 5) is 38.9. The molecule has 0 radical (unpaired) electrons. The summed E-state index contributed by atoms with van der Waals surface area (Å²) >= 11 is 0. The molecule has 166 valence electrons. The zero-order valence-corrected chi connectivity index (χ0v) is 18.1. The number of rotatable bonds is 8. The van der Waals surface area contributed by atoms with Crippen LogP contribution in [-0.4, -0.2) is 38.7 Å². The van der Waals surface area contributed by atoms with E-state index >= 15 is 0 Å². The van der Waals surface area contributed by atoms with Crippen LogP contribution in [0.5, 0.6) is 17.2 Å². The highest BCUT2D eigenvalue weighted by Gasteiger charge is 2.36. The fourth-order valence-corrected chi connectivity index (χ4v) is 3.36. The second kappa shape index (κ2) is 9.82. The number of carbonyl (C=O) groups excluding carboxylic acids is 3. The SMILES string of the molecule is C=CCc1cc(/C=C2\C(=O)NC(=O)N(c3ccc(OC)cc3)C2=O)cc(OCC)c1OC. The normalized spacial score (nSPS) is 14.9. The molecule has 0 unspecified atom stereocenters. The van der Waals surface area contributed by atoms with Crippen molar-refractivity contribution in [2.45, 2.75) is 13.3 Å². The minimum Gasteiger partial charge on any atom is -0.497 e. The molecule has 1 aliphatic heterocycles. The van der Waals surface area contributed by atoms with Gasteiger partial charge in [-0.3, -0.25) is 14.9 Å². The van der Waals surface area contributed by atoms with Crippen LogP contribution < -0.4 is 24.4 Å². The van der Waals surface area contributed by atoms with Crippen molar-refractivity contribution in [3.8, 4) is 17.2 Å². The van der Waals surface area contributed by atoms with E-state index in [1.54, 1.807) is 49.6 Å². The number of nitrogens with one attached hydrogen (secondary N) is 1. The van der Waals surface area contributed by atoms with E-state index in [1.807, 2.05) is 6.92 Å². The summed E-state index contributed by atoms with van der Waals surface area (Å²) in [6.07, 6.45) is 3.64. The lowest BCUT2D eigenvalue weighted by molar-refractivity contribution is -0.122. The lowest BCUT2D eigenvalue weighted by atomic mass is 10.0. The summed E-state index contributed by atoms with van der Waals surface area (Å²) in [5.74, 6) is 0.102. The fourth-order valence-electron chi connectivity index (χ4n) is 3.36. The molecule has 1 N–H and O–H groups in total. The number of nitrogens with zero attached hydrogens (tertiary/aromatic N) is 1. The molecule has 2 aromatic rings. The summed E-state index contributed by atoms with van der Waals surface area (Å²) < 4.78 is 16.3. The van der Waals surface area contributed by atoms with E-state index in [4.69, 9.17) is 14.2 Å². The molecule has 8 nitrogen and oxygen atoms in total. The van der Waals surface area contributed by atoms with Crippen molar-refractivity contribution in [2.75, 3.05) is 25.7 Å². The van der Waals surface area contributed by atoms with Crippen molar-refractivity contribution in [3.63, 3.8) is 0 Å². The molecule has 0 spiro atoms. The van der Waals surface area contributed by atoms with Gasteiger partial charge in [0, 0.05) is 5.56 Å². The van der Waals surface area contributed by atoms with Gasteiger partial charge in [-0.1, -0.05) is 6.08 Å². The topological polar surface area (TPSA) is 94.2 Å². The highest BCUT2D eigenvalue weighted by molar-refractivity contribution is 6.39. The minimum atomic E-state index is -0.820. The number of anilines is 1. The van der Waals surface area contributed by atoms with Crippen LogP contribution in [0, 0.1) is 0 Å². The molecule has 0 aliphatic carbocycles. The summed E-state index contributed by atoms with van der Waals surface area (Å²) in [7, 11) is 3.05. The summed E-state index contributed by atoms with van der Waals surface area (Å²) in [6.45, 7) is 6.00. The monoisotopic (exact) mass is 436 g/mol. The zero-order chi connectivity index (χ0) is 23.3. The number of imide groups is 2. The molecule has 1 saturated heterocycles. The first-order valence-electron chi connectivity index (χ1n) is 9.93. The first kappa shape index (κ1) is 22.6. The third-order valence-electron chi connectivity index (χ3n) is 4.77. The van der Waals surface area contributed by atoms with E-state index in [1.165, 1.54) is 13.2 Å². The van der Waals surface area contributed by atoms with Gasteiger partial charge in [0.15, 0.2) is 11.5 Å². The molecule has 1 aliphatic rings. The number of allylic oxidation sites excluding steroid dienone is 1. The number of hydrogen-bond donors (Lipinski definition) is 1. The molecule has 2 aromatic carbocycles. The van der Waals surface area contributed by atoms with Crippen molar-refractivity contribution in [1.29, 1.82) is 0 Å². The number of barbiturate groups is 1. The van der Waals surface area contributed by atoms with Gasteiger partial charge in [0.05, 0.1) is 26.5 Å². The Kier molecular flexibility index (Phi) is 6.94. The molecular formula is C24H24N2O6. The number of hydrogen-bond acceptors (Lipinski definition) is 6. The number of methoxy groups -OCH3 is 2. The van der Waals surface area contributed by atoms with E-state index < -0.39 is 17.8 Å². The summed E-state index contributed by atoms with van der Waals surface area (Å²) in [5.41, 5.74) is 1.46. The molecular weight excluding hydrogens is 412 g/mol. The van der Waals surface area contributed by atoms with Crippen LogP contribution in [0.4, 0.5) is 10.5 Å². The van der Waals surface area contributed by atoms with Gasteiger partial charge in [0.1, 0.15) is 11.3 Å². The molecule has 0 aromatic heterocycles. The van der Waals surface area contributed by atoms with Crippen molar-refractivity contribution in [2.24, 2.45) is 0 Å². The summed E-state index contributed by atoms with van der Waals surface area (Å²) in [6, 6.07) is 9.00. The van der Waals surface area contributed by atoms with Crippen molar-refractivity contribution in [1.82, 2.24) is 5.32 Å². The molecule has 8 heteroatoms. The van der Waals surface area contributed by atoms with Gasteiger partial charge in [-0.15, -0.1) is 6.58 Å². The molecule has 1 fully saturated rings. The minimum absolute atomic E-state index is 0.183. The predicted molar refractivity (Wildman–Crippen MR) is 120 cm³/mol. The number of benzene rings is 2. The Morgan fingerprint density at radius 3 is 2.38 bits per heavy atom. The highest BCUT2D eigenvalue weighted by Crippen LogP contribution is 2.34. The maximum atomic E-state index is 13.1. The van der Waals surface area contributed by atoms with E-state index in [9.17, 15) is 14.4 Å².